The summed E-state index contributed by atoms with van der Waals surface area (Å²) in [7, 11) is 0. The van der Waals surface area contributed by atoms with Crippen LogP contribution in [0.1, 0.15) is 29.3 Å². The number of ketones is 1. The lowest BCUT2D eigenvalue weighted by atomic mass is 9.94. The lowest BCUT2D eigenvalue weighted by molar-refractivity contribution is 0.0873. The second-order valence-corrected chi connectivity index (χ2v) is 4.52. The minimum atomic E-state index is -0.659. The number of ether oxygens (including phenoxy) is 1. The van der Waals surface area contributed by atoms with Crippen LogP contribution in [0.3, 0.4) is 0 Å². The SMILES string of the molecule is Cc1cc(F)c(C(=O)C2COC(C)C2)cc1F. The third-order valence-electron chi connectivity index (χ3n) is 3.08. The molecule has 1 aliphatic rings. The first-order valence-corrected chi connectivity index (χ1v) is 5.60. The minimum absolute atomic E-state index is 0.00214. The molecular formula is C13H14F2O2. The van der Waals surface area contributed by atoms with Crippen LogP contribution in [-0.2, 0) is 4.74 Å². The van der Waals surface area contributed by atoms with Crippen molar-refractivity contribution < 1.29 is 18.3 Å². The average Bonchev–Trinajstić information content (AvgIpc) is 2.69. The van der Waals surface area contributed by atoms with Gasteiger partial charge < -0.3 is 4.74 Å². The van der Waals surface area contributed by atoms with Crippen molar-refractivity contribution in [1.82, 2.24) is 0 Å². The zero-order valence-corrected chi connectivity index (χ0v) is 9.80. The maximum atomic E-state index is 13.6. The summed E-state index contributed by atoms with van der Waals surface area (Å²) in [5.74, 6) is -1.94. The van der Waals surface area contributed by atoms with Gasteiger partial charge in [0.2, 0.25) is 0 Å². The van der Waals surface area contributed by atoms with E-state index in [0.717, 1.165) is 12.1 Å². The van der Waals surface area contributed by atoms with Gasteiger partial charge in [0.1, 0.15) is 11.6 Å². The zero-order chi connectivity index (χ0) is 12.6. The van der Waals surface area contributed by atoms with Gasteiger partial charge in [-0.15, -0.1) is 0 Å². The lowest BCUT2D eigenvalue weighted by Gasteiger charge is -2.09. The molecule has 1 aliphatic heterocycles. The number of rotatable bonds is 2. The van der Waals surface area contributed by atoms with Crippen LogP contribution >= 0.6 is 0 Å². The van der Waals surface area contributed by atoms with E-state index in [4.69, 9.17) is 4.74 Å². The first-order chi connectivity index (χ1) is 7.99. The Morgan fingerprint density at radius 2 is 2.06 bits per heavy atom. The van der Waals surface area contributed by atoms with Crippen molar-refractivity contribution in [1.29, 1.82) is 0 Å². The molecule has 1 aromatic rings. The van der Waals surface area contributed by atoms with E-state index in [-0.39, 0.29) is 35.5 Å². The molecule has 1 aromatic carbocycles. The number of hydrogen-bond donors (Lipinski definition) is 0. The van der Waals surface area contributed by atoms with Crippen LogP contribution in [-0.4, -0.2) is 18.5 Å². The summed E-state index contributed by atoms with van der Waals surface area (Å²) in [4.78, 5) is 12.0. The molecule has 0 aliphatic carbocycles. The molecule has 0 bridgehead atoms. The van der Waals surface area contributed by atoms with Crippen LogP contribution in [0.4, 0.5) is 8.78 Å². The molecule has 2 nitrogen and oxygen atoms in total. The van der Waals surface area contributed by atoms with Gasteiger partial charge in [-0.05, 0) is 38.0 Å². The average molecular weight is 240 g/mol. The van der Waals surface area contributed by atoms with Gasteiger partial charge in [-0.1, -0.05) is 0 Å². The number of carbonyl (C=O) groups is 1. The van der Waals surface area contributed by atoms with Crippen molar-refractivity contribution in [2.45, 2.75) is 26.4 Å². The van der Waals surface area contributed by atoms with E-state index < -0.39 is 11.6 Å². The second kappa shape index (κ2) is 4.53. The maximum Gasteiger partial charge on any atom is 0.171 e. The monoisotopic (exact) mass is 240 g/mol. The van der Waals surface area contributed by atoms with Crippen LogP contribution < -0.4 is 0 Å². The van der Waals surface area contributed by atoms with Gasteiger partial charge in [0.05, 0.1) is 18.3 Å². The van der Waals surface area contributed by atoms with Crippen molar-refractivity contribution in [2.24, 2.45) is 5.92 Å². The second-order valence-electron chi connectivity index (χ2n) is 4.52. The molecule has 0 aromatic heterocycles. The maximum absolute atomic E-state index is 13.6. The first-order valence-electron chi connectivity index (χ1n) is 5.60. The highest BCUT2D eigenvalue weighted by Gasteiger charge is 2.30. The van der Waals surface area contributed by atoms with Gasteiger partial charge in [-0.3, -0.25) is 4.79 Å². The molecular weight excluding hydrogens is 226 g/mol. The number of Topliss-reactive ketones (excluding diaryl/α,β-unsaturated/α-hetero) is 1. The van der Waals surface area contributed by atoms with Crippen LogP contribution in [0, 0.1) is 24.5 Å². The standard InChI is InChI=1S/C13H14F2O2/c1-7-3-12(15)10(5-11(7)14)13(16)9-4-8(2)17-6-9/h3,5,8-9H,4,6H2,1-2H3. The normalized spacial score (nSPS) is 24.0. The summed E-state index contributed by atoms with van der Waals surface area (Å²) in [5, 5.41) is 0. The number of halogens is 2. The molecule has 2 atom stereocenters. The summed E-state index contributed by atoms with van der Waals surface area (Å²) in [5.41, 5.74) is 0.0332. The Bertz CT molecular complexity index is 457. The molecule has 17 heavy (non-hydrogen) atoms. The van der Waals surface area contributed by atoms with Gasteiger partial charge in [-0.25, -0.2) is 8.78 Å². The highest BCUT2D eigenvalue weighted by Crippen LogP contribution is 2.25. The molecule has 1 fully saturated rings. The Hall–Kier alpha value is -1.29. The Morgan fingerprint density at radius 1 is 1.35 bits per heavy atom. The Morgan fingerprint density at radius 3 is 2.65 bits per heavy atom. The van der Waals surface area contributed by atoms with Crippen molar-refractivity contribution in [3.63, 3.8) is 0 Å². The van der Waals surface area contributed by atoms with E-state index in [9.17, 15) is 13.6 Å². The summed E-state index contributed by atoms with van der Waals surface area (Å²) in [6, 6.07) is 2.04. The number of aryl methyl sites for hydroxylation is 1. The van der Waals surface area contributed by atoms with E-state index in [1.807, 2.05) is 6.92 Å². The highest BCUT2D eigenvalue weighted by atomic mass is 19.1. The predicted molar refractivity (Wildman–Crippen MR) is 58.9 cm³/mol. The van der Waals surface area contributed by atoms with Crippen LogP contribution in [0.25, 0.3) is 0 Å². The molecule has 1 heterocycles. The molecule has 2 unspecified atom stereocenters. The Labute approximate surface area is 98.6 Å². The van der Waals surface area contributed by atoms with Crippen molar-refractivity contribution in [3.8, 4) is 0 Å². The Balaban J connectivity index is 2.28. The first kappa shape index (κ1) is 12.2. The third kappa shape index (κ3) is 2.36. The fourth-order valence-corrected chi connectivity index (χ4v) is 2.05. The summed E-state index contributed by atoms with van der Waals surface area (Å²) in [6.45, 7) is 3.61. The minimum Gasteiger partial charge on any atom is -0.378 e. The molecule has 4 heteroatoms. The Kier molecular flexibility index (Phi) is 3.24. The molecule has 92 valence electrons. The summed E-state index contributed by atoms with van der Waals surface area (Å²) >= 11 is 0. The van der Waals surface area contributed by atoms with Gasteiger partial charge in [0, 0.05) is 5.92 Å². The van der Waals surface area contributed by atoms with Crippen molar-refractivity contribution in [3.05, 3.63) is 34.9 Å². The molecule has 0 N–H and O–H groups in total. The summed E-state index contributed by atoms with van der Waals surface area (Å²) in [6.07, 6.45) is 0.565. The van der Waals surface area contributed by atoms with Crippen LogP contribution in [0.2, 0.25) is 0 Å². The predicted octanol–water partition coefficient (Wildman–Crippen LogP) is 2.88. The van der Waals surface area contributed by atoms with Crippen molar-refractivity contribution >= 4 is 5.78 Å². The molecule has 0 saturated carbocycles. The van der Waals surface area contributed by atoms with Gasteiger partial charge in [-0.2, -0.15) is 0 Å². The smallest absolute Gasteiger partial charge is 0.171 e. The van der Waals surface area contributed by atoms with E-state index in [1.165, 1.54) is 6.92 Å². The number of hydrogen-bond acceptors (Lipinski definition) is 2. The highest BCUT2D eigenvalue weighted by molar-refractivity contribution is 5.98. The van der Waals surface area contributed by atoms with Gasteiger partial charge in [0.25, 0.3) is 0 Å². The third-order valence-corrected chi connectivity index (χ3v) is 3.08. The summed E-state index contributed by atoms with van der Waals surface area (Å²) < 4.78 is 32.2. The lowest BCUT2D eigenvalue weighted by Crippen LogP contribution is -2.17. The zero-order valence-electron chi connectivity index (χ0n) is 9.80. The van der Waals surface area contributed by atoms with Crippen LogP contribution in [0.15, 0.2) is 12.1 Å². The quantitative estimate of drug-likeness (QED) is 0.743. The van der Waals surface area contributed by atoms with Gasteiger partial charge in [0.15, 0.2) is 5.78 Å². The van der Waals surface area contributed by atoms with E-state index >= 15 is 0 Å². The fraction of sp³-hybridized carbons (Fsp3) is 0.462. The van der Waals surface area contributed by atoms with E-state index in [1.54, 1.807) is 0 Å². The van der Waals surface area contributed by atoms with Gasteiger partial charge >= 0.3 is 0 Å². The largest absolute Gasteiger partial charge is 0.378 e. The van der Waals surface area contributed by atoms with Crippen LogP contribution in [0.5, 0.6) is 0 Å². The number of carbonyl (C=O) groups excluding carboxylic acids is 1. The molecule has 0 spiro atoms. The van der Waals surface area contributed by atoms with E-state index in [0.29, 0.717) is 6.42 Å². The molecule has 2 rings (SSSR count). The van der Waals surface area contributed by atoms with E-state index in [2.05, 4.69) is 0 Å². The van der Waals surface area contributed by atoms with Crippen molar-refractivity contribution in [2.75, 3.05) is 6.61 Å². The molecule has 1 saturated heterocycles. The molecule has 0 amide bonds. The number of benzene rings is 1. The molecule has 0 radical (unpaired) electrons. The fourth-order valence-electron chi connectivity index (χ4n) is 2.05. The topological polar surface area (TPSA) is 26.3 Å².